The largest absolute Gasteiger partial charge is 0.477 e. The van der Waals surface area contributed by atoms with Gasteiger partial charge >= 0.3 is 5.97 Å². The number of thiophene rings is 1. The molecule has 36 heavy (non-hydrogen) atoms. The molecule has 1 atom stereocenters. The van der Waals surface area contributed by atoms with Gasteiger partial charge in [-0.25, -0.2) is 9.78 Å². The molecule has 1 aliphatic rings. The van der Waals surface area contributed by atoms with Crippen LogP contribution in [0.15, 0.2) is 53.6 Å². The van der Waals surface area contributed by atoms with E-state index in [1.165, 1.54) is 29.2 Å². The predicted octanol–water partition coefficient (Wildman–Crippen LogP) is 3.97. The number of hydrogen-bond acceptors (Lipinski definition) is 7. The van der Waals surface area contributed by atoms with Crippen LogP contribution in [-0.4, -0.2) is 45.8 Å². The van der Waals surface area contributed by atoms with Gasteiger partial charge in [0.05, 0.1) is 16.6 Å². The zero-order valence-corrected chi connectivity index (χ0v) is 19.8. The van der Waals surface area contributed by atoms with Gasteiger partial charge in [-0.3, -0.25) is 4.79 Å². The second-order valence-corrected chi connectivity index (χ2v) is 9.69. The summed E-state index contributed by atoms with van der Waals surface area (Å²) >= 11 is 7.19. The number of aromatic amines is 1. The molecule has 1 aliphatic heterocycles. The van der Waals surface area contributed by atoms with Crippen LogP contribution in [0.5, 0.6) is 0 Å². The van der Waals surface area contributed by atoms with Crippen molar-refractivity contribution in [2.45, 2.75) is 18.9 Å². The first kappa shape index (κ1) is 22.3. The number of nitrogens with one attached hydrogen (secondary N) is 1. The zero-order valence-electron chi connectivity index (χ0n) is 18.2. The van der Waals surface area contributed by atoms with Crippen LogP contribution in [0.25, 0.3) is 27.4 Å². The molecule has 0 radical (unpaired) electrons. The number of hydrogen-bond donors (Lipinski definition) is 2. The molecule has 1 unspecified atom stereocenters. The first-order chi connectivity index (χ1) is 17.4. The highest BCUT2D eigenvalue weighted by Crippen LogP contribution is 2.36. The van der Waals surface area contributed by atoms with E-state index >= 15 is 0 Å². The van der Waals surface area contributed by atoms with Crippen molar-refractivity contribution >= 4 is 28.9 Å². The van der Waals surface area contributed by atoms with Gasteiger partial charge in [0, 0.05) is 22.3 Å². The Morgan fingerprint density at radius 2 is 2.08 bits per heavy atom. The zero-order chi connectivity index (χ0) is 25.0. The van der Waals surface area contributed by atoms with Gasteiger partial charge in [0.15, 0.2) is 0 Å². The second-order valence-electron chi connectivity index (χ2n) is 8.17. The minimum absolute atomic E-state index is 0.0330. The van der Waals surface area contributed by atoms with Gasteiger partial charge in [-0.15, -0.1) is 16.4 Å². The van der Waals surface area contributed by atoms with Crippen LogP contribution in [0.1, 0.15) is 33.7 Å². The normalized spacial score (nSPS) is 14.8. The van der Waals surface area contributed by atoms with Crippen molar-refractivity contribution in [1.82, 2.24) is 34.7 Å². The molecular weight excluding hydrogens is 509 g/mol. The number of carboxylic acids is 1. The Kier molecular flexibility index (Phi) is 5.27. The van der Waals surface area contributed by atoms with Gasteiger partial charge in [0.1, 0.15) is 22.7 Å². The summed E-state index contributed by atoms with van der Waals surface area (Å²) in [5.74, 6) is -1.46. The standard InChI is InChI=1S/C23H15ClFN7O3S/c24-12-1-3-15(31-10-26-29-30-31)14(9-12)11-7-13-2-4-16(32(13)19(33)8-11)22-27-20(21(25)28-22)17-5-6-18(36-17)23(34)35/h1,3,5-10,16H,2,4H2,(H,27,28)(H,34,35). The molecule has 1 aromatic carbocycles. The van der Waals surface area contributed by atoms with Crippen molar-refractivity contribution in [1.29, 1.82) is 0 Å². The number of aromatic carboxylic acids is 1. The summed E-state index contributed by atoms with van der Waals surface area (Å²) in [6.07, 6.45) is 2.58. The lowest BCUT2D eigenvalue weighted by Crippen LogP contribution is -2.24. The van der Waals surface area contributed by atoms with Gasteiger partial charge in [-0.1, -0.05) is 11.6 Å². The Balaban J connectivity index is 1.39. The van der Waals surface area contributed by atoms with Crippen molar-refractivity contribution in [3.63, 3.8) is 0 Å². The van der Waals surface area contributed by atoms with E-state index < -0.39 is 18.0 Å². The smallest absolute Gasteiger partial charge is 0.345 e. The summed E-state index contributed by atoms with van der Waals surface area (Å²) in [5.41, 5.74) is 2.55. The number of nitrogens with zero attached hydrogens (tertiary/aromatic N) is 6. The third kappa shape index (κ3) is 3.71. The van der Waals surface area contributed by atoms with E-state index in [2.05, 4.69) is 25.5 Å². The number of carbonyl (C=O) groups is 1. The highest BCUT2D eigenvalue weighted by molar-refractivity contribution is 7.17. The molecule has 0 saturated heterocycles. The van der Waals surface area contributed by atoms with Crippen molar-refractivity contribution < 1.29 is 14.3 Å². The average molecular weight is 524 g/mol. The maximum absolute atomic E-state index is 14.8. The summed E-state index contributed by atoms with van der Waals surface area (Å²) in [6, 6.07) is 11.1. The number of rotatable bonds is 5. The number of pyridine rings is 1. The van der Waals surface area contributed by atoms with Crippen LogP contribution < -0.4 is 5.56 Å². The molecule has 5 heterocycles. The summed E-state index contributed by atoms with van der Waals surface area (Å²) in [6.45, 7) is 0. The lowest BCUT2D eigenvalue weighted by Gasteiger charge is -2.14. The molecule has 2 N–H and O–H groups in total. The fraction of sp³-hybridized carbons (Fsp3) is 0.130. The van der Waals surface area contributed by atoms with Crippen LogP contribution in [0.2, 0.25) is 5.02 Å². The Hall–Kier alpha value is -4.16. The number of aromatic nitrogens is 7. The van der Waals surface area contributed by atoms with Crippen LogP contribution >= 0.6 is 22.9 Å². The molecule has 0 amide bonds. The van der Waals surface area contributed by atoms with Gasteiger partial charge in [-0.2, -0.15) is 9.07 Å². The van der Waals surface area contributed by atoms with Crippen molar-refractivity contribution in [3.8, 4) is 27.4 Å². The first-order valence-corrected chi connectivity index (χ1v) is 12.0. The predicted molar refractivity (Wildman–Crippen MR) is 129 cm³/mol. The molecule has 4 aromatic heterocycles. The molecule has 5 aromatic rings. The molecular formula is C23H15ClFN7O3S. The summed E-state index contributed by atoms with van der Waals surface area (Å²) in [5, 5.41) is 21.0. The van der Waals surface area contributed by atoms with Crippen LogP contribution in [0.4, 0.5) is 4.39 Å². The molecule has 10 nitrogen and oxygen atoms in total. The maximum Gasteiger partial charge on any atom is 0.345 e. The Morgan fingerprint density at radius 3 is 2.83 bits per heavy atom. The molecule has 6 rings (SSSR count). The highest BCUT2D eigenvalue weighted by atomic mass is 35.5. The number of H-pyrrole nitrogens is 1. The fourth-order valence-corrected chi connectivity index (χ4v) is 5.49. The monoisotopic (exact) mass is 523 g/mol. The van der Waals surface area contributed by atoms with Crippen LogP contribution in [0.3, 0.4) is 0 Å². The number of tetrazole rings is 1. The van der Waals surface area contributed by atoms with Crippen LogP contribution in [0, 0.1) is 5.95 Å². The Labute approximate surface area is 210 Å². The molecule has 0 saturated carbocycles. The van der Waals surface area contributed by atoms with E-state index in [-0.39, 0.29) is 16.1 Å². The summed E-state index contributed by atoms with van der Waals surface area (Å²) in [4.78, 5) is 32.0. The van der Waals surface area contributed by atoms with E-state index in [1.54, 1.807) is 22.8 Å². The summed E-state index contributed by atoms with van der Waals surface area (Å²) in [7, 11) is 0. The number of carboxylic acid groups (broad SMARTS) is 1. The van der Waals surface area contributed by atoms with E-state index in [0.717, 1.165) is 17.0 Å². The molecule has 0 aliphatic carbocycles. The average Bonchev–Trinajstić information content (AvgIpc) is 3.64. The second kappa shape index (κ2) is 8.50. The molecule has 13 heteroatoms. The molecule has 0 bridgehead atoms. The van der Waals surface area contributed by atoms with Gasteiger partial charge in [-0.05, 0) is 65.2 Å². The topological polar surface area (TPSA) is 132 Å². The fourth-order valence-electron chi connectivity index (χ4n) is 4.49. The van der Waals surface area contributed by atoms with E-state index in [1.807, 2.05) is 6.07 Å². The van der Waals surface area contributed by atoms with E-state index in [9.17, 15) is 14.0 Å². The Morgan fingerprint density at radius 1 is 1.22 bits per heavy atom. The van der Waals surface area contributed by atoms with Crippen LogP contribution in [-0.2, 0) is 6.42 Å². The maximum atomic E-state index is 14.8. The van der Waals surface area contributed by atoms with E-state index in [0.29, 0.717) is 45.4 Å². The number of halogens is 2. The van der Waals surface area contributed by atoms with Crippen molar-refractivity contribution in [2.75, 3.05) is 0 Å². The SMILES string of the molecule is O=C(O)c1ccc(-c2nc(C3CCc4cc(-c5cc(Cl)ccc5-n5cnnn5)cc(=O)n43)[nH]c2F)s1. The van der Waals surface area contributed by atoms with Gasteiger partial charge in [0.2, 0.25) is 5.95 Å². The lowest BCUT2D eigenvalue weighted by atomic mass is 10.0. The van der Waals surface area contributed by atoms with Crippen molar-refractivity contribution in [3.05, 3.63) is 86.5 Å². The minimum atomic E-state index is -1.09. The lowest BCUT2D eigenvalue weighted by molar-refractivity contribution is 0.0702. The number of imidazole rings is 1. The van der Waals surface area contributed by atoms with Gasteiger partial charge < -0.3 is 14.7 Å². The highest BCUT2D eigenvalue weighted by Gasteiger charge is 2.30. The number of fused-ring (bicyclic) bond motifs is 1. The quantitative estimate of drug-likeness (QED) is 0.356. The number of aryl methyl sites for hydroxylation is 1. The minimum Gasteiger partial charge on any atom is -0.477 e. The third-order valence-electron chi connectivity index (χ3n) is 6.04. The van der Waals surface area contributed by atoms with Gasteiger partial charge in [0.25, 0.3) is 5.56 Å². The number of benzene rings is 1. The molecule has 180 valence electrons. The molecule has 0 fully saturated rings. The third-order valence-corrected chi connectivity index (χ3v) is 7.36. The summed E-state index contributed by atoms with van der Waals surface area (Å²) < 4.78 is 17.9. The first-order valence-electron chi connectivity index (χ1n) is 10.8. The molecule has 0 spiro atoms. The van der Waals surface area contributed by atoms with E-state index in [4.69, 9.17) is 16.7 Å². The van der Waals surface area contributed by atoms with Crippen molar-refractivity contribution in [2.24, 2.45) is 0 Å². The Bertz CT molecular complexity index is 1690.